The Morgan fingerprint density at radius 3 is 2.92 bits per heavy atom. The third-order valence-electron chi connectivity index (χ3n) is 3.75. The lowest BCUT2D eigenvalue weighted by Crippen LogP contribution is -2.23. The van der Waals surface area contributed by atoms with E-state index in [9.17, 15) is 4.79 Å². The number of carbonyl (C=O) groups excluding carboxylic acids is 1. The van der Waals surface area contributed by atoms with Gasteiger partial charge in [0.05, 0.1) is 6.54 Å². The number of nitrogens with one attached hydrogen (secondary N) is 1. The highest BCUT2D eigenvalue weighted by molar-refractivity contribution is 6.30. The molecule has 0 fully saturated rings. The molecule has 1 amide bonds. The Hall–Kier alpha value is -3.26. The van der Waals surface area contributed by atoms with E-state index in [-0.39, 0.29) is 12.5 Å². The molecule has 0 aliphatic carbocycles. The van der Waals surface area contributed by atoms with Crippen molar-refractivity contribution in [3.05, 3.63) is 64.8 Å². The number of hydrogen-bond acceptors (Lipinski definition) is 6. The molecule has 26 heavy (non-hydrogen) atoms. The van der Waals surface area contributed by atoms with E-state index in [0.717, 1.165) is 5.56 Å². The van der Waals surface area contributed by atoms with Crippen LogP contribution in [0.1, 0.15) is 22.0 Å². The number of aryl methyl sites for hydroxylation is 1. The molecule has 1 aromatic carbocycles. The first-order valence-electron chi connectivity index (χ1n) is 7.78. The largest absolute Gasteiger partial charge is 0.345 e. The fraction of sp³-hybridized carbons (Fsp3) is 0.118. The van der Waals surface area contributed by atoms with Crippen molar-refractivity contribution >= 4 is 23.2 Å². The molecule has 3 heterocycles. The SMILES string of the molecule is Cc1noc(-c2ccn3c(CNC(=O)c4cccc(Cl)c4)nnc3c2)n1. The van der Waals surface area contributed by atoms with E-state index in [1.807, 2.05) is 6.07 Å². The van der Waals surface area contributed by atoms with Gasteiger partial charge in [-0.15, -0.1) is 10.2 Å². The van der Waals surface area contributed by atoms with Crippen LogP contribution < -0.4 is 5.32 Å². The molecule has 1 N–H and O–H groups in total. The number of rotatable bonds is 4. The summed E-state index contributed by atoms with van der Waals surface area (Å²) in [5.41, 5.74) is 1.85. The third-order valence-corrected chi connectivity index (χ3v) is 3.98. The van der Waals surface area contributed by atoms with Crippen LogP contribution in [0.15, 0.2) is 47.1 Å². The fourth-order valence-corrected chi connectivity index (χ4v) is 2.69. The highest BCUT2D eigenvalue weighted by atomic mass is 35.5. The number of benzene rings is 1. The Bertz CT molecular complexity index is 1100. The van der Waals surface area contributed by atoms with Crippen LogP contribution in [0.4, 0.5) is 0 Å². The van der Waals surface area contributed by atoms with E-state index in [1.54, 1.807) is 47.9 Å². The first-order valence-corrected chi connectivity index (χ1v) is 8.16. The van der Waals surface area contributed by atoms with Crippen molar-refractivity contribution in [2.24, 2.45) is 0 Å². The van der Waals surface area contributed by atoms with Crippen LogP contribution >= 0.6 is 11.6 Å². The van der Waals surface area contributed by atoms with Crippen molar-refractivity contribution in [3.63, 3.8) is 0 Å². The number of nitrogens with zero attached hydrogens (tertiary/aromatic N) is 5. The van der Waals surface area contributed by atoms with E-state index in [1.165, 1.54) is 0 Å². The maximum absolute atomic E-state index is 12.2. The lowest BCUT2D eigenvalue weighted by Gasteiger charge is -2.05. The van der Waals surface area contributed by atoms with Gasteiger partial charge in [-0.05, 0) is 37.3 Å². The van der Waals surface area contributed by atoms with Gasteiger partial charge in [0.15, 0.2) is 17.3 Å². The second-order valence-corrected chi connectivity index (χ2v) is 6.04. The highest BCUT2D eigenvalue weighted by Crippen LogP contribution is 2.19. The number of amides is 1. The van der Waals surface area contributed by atoms with Crippen molar-refractivity contribution in [1.29, 1.82) is 0 Å². The minimum atomic E-state index is -0.234. The van der Waals surface area contributed by atoms with Gasteiger partial charge in [-0.25, -0.2) is 0 Å². The highest BCUT2D eigenvalue weighted by Gasteiger charge is 2.12. The summed E-state index contributed by atoms with van der Waals surface area (Å²) in [6, 6.07) is 10.4. The number of halogens is 1. The predicted molar refractivity (Wildman–Crippen MR) is 93.6 cm³/mol. The van der Waals surface area contributed by atoms with E-state index < -0.39 is 0 Å². The zero-order valence-electron chi connectivity index (χ0n) is 13.7. The van der Waals surface area contributed by atoms with Crippen molar-refractivity contribution in [2.45, 2.75) is 13.5 Å². The Morgan fingerprint density at radius 1 is 1.27 bits per heavy atom. The molecular weight excluding hydrogens is 356 g/mol. The summed E-state index contributed by atoms with van der Waals surface area (Å²) >= 11 is 5.91. The zero-order chi connectivity index (χ0) is 18.1. The normalized spacial score (nSPS) is 11.0. The van der Waals surface area contributed by atoms with E-state index in [0.29, 0.717) is 33.8 Å². The molecule has 0 spiro atoms. The summed E-state index contributed by atoms with van der Waals surface area (Å²) in [5.74, 6) is 1.35. The third kappa shape index (κ3) is 3.14. The summed E-state index contributed by atoms with van der Waals surface area (Å²) < 4.78 is 6.94. The molecule has 0 bridgehead atoms. The molecule has 4 aromatic rings. The van der Waals surface area contributed by atoms with Crippen LogP contribution in [0.25, 0.3) is 17.1 Å². The topological polar surface area (TPSA) is 98.2 Å². The van der Waals surface area contributed by atoms with Gasteiger partial charge in [-0.1, -0.05) is 22.8 Å². The van der Waals surface area contributed by atoms with Gasteiger partial charge < -0.3 is 9.84 Å². The smallest absolute Gasteiger partial charge is 0.258 e. The van der Waals surface area contributed by atoms with E-state index in [2.05, 4.69) is 25.7 Å². The van der Waals surface area contributed by atoms with Crippen molar-refractivity contribution < 1.29 is 9.32 Å². The van der Waals surface area contributed by atoms with Crippen molar-refractivity contribution in [2.75, 3.05) is 0 Å². The summed E-state index contributed by atoms with van der Waals surface area (Å²) in [6.07, 6.45) is 1.80. The van der Waals surface area contributed by atoms with E-state index >= 15 is 0 Å². The van der Waals surface area contributed by atoms with Gasteiger partial charge in [0, 0.05) is 22.3 Å². The molecule has 9 heteroatoms. The molecule has 0 saturated heterocycles. The quantitative estimate of drug-likeness (QED) is 0.594. The Balaban J connectivity index is 1.53. The van der Waals surface area contributed by atoms with Gasteiger partial charge in [0.25, 0.3) is 11.8 Å². The van der Waals surface area contributed by atoms with Gasteiger partial charge in [-0.3, -0.25) is 9.20 Å². The number of carbonyl (C=O) groups is 1. The van der Waals surface area contributed by atoms with Crippen molar-refractivity contribution in [1.82, 2.24) is 30.1 Å². The number of aromatic nitrogens is 5. The number of hydrogen-bond donors (Lipinski definition) is 1. The van der Waals surface area contributed by atoms with Crippen LogP contribution in [0.3, 0.4) is 0 Å². The molecule has 0 saturated carbocycles. The van der Waals surface area contributed by atoms with Crippen LogP contribution in [0.5, 0.6) is 0 Å². The second kappa shape index (κ2) is 6.57. The molecule has 0 unspecified atom stereocenters. The average molecular weight is 369 g/mol. The van der Waals surface area contributed by atoms with Gasteiger partial charge >= 0.3 is 0 Å². The predicted octanol–water partition coefficient (Wildman–Crippen LogP) is 2.67. The summed E-state index contributed by atoms with van der Waals surface area (Å²) in [4.78, 5) is 16.4. The average Bonchev–Trinajstić information content (AvgIpc) is 3.25. The summed E-state index contributed by atoms with van der Waals surface area (Å²) in [6.45, 7) is 1.98. The standard InChI is InChI=1S/C17H13ClN6O2/c1-10-20-17(26-23-10)12-5-6-24-14(8-12)21-22-15(24)9-19-16(25)11-3-2-4-13(18)7-11/h2-8H,9H2,1H3,(H,19,25). The van der Waals surface area contributed by atoms with Gasteiger partial charge in [-0.2, -0.15) is 4.98 Å². The van der Waals surface area contributed by atoms with Crippen LogP contribution in [-0.2, 0) is 6.54 Å². The molecule has 0 radical (unpaired) electrons. The minimum Gasteiger partial charge on any atom is -0.345 e. The molecule has 0 aliphatic heterocycles. The number of fused-ring (bicyclic) bond motifs is 1. The van der Waals surface area contributed by atoms with Crippen LogP contribution in [0.2, 0.25) is 5.02 Å². The first-order chi connectivity index (χ1) is 12.6. The lowest BCUT2D eigenvalue weighted by atomic mass is 10.2. The van der Waals surface area contributed by atoms with Crippen LogP contribution in [-0.4, -0.2) is 30.6 Å². The minimum absolute atomic E-state index is 0.228. The Labute approximate surface area is 152 Å². The molecule has 4 rings (SSSR count). The molecule has 8 nitrogen and oxygen atoms in total. The first kappa shape index (κ1) is 16.2. The second-order valence-electron chi connectivity index (χ2n) is 5.60. The molecule has 130 valence electrons. The lowest BCUT2D eigenvalue weighted by molar-refractivity contribution is 0.0950. The van der Waals surface area contributed by atoms with E-state index in [4.69, 9.17) is 16.1 Å². The maximum Gasteiger partial charge on any atom is 0.258 e. The summed E-state index contributed by atoms with van der Waals surface area (Å²) in [5, 5.41) is 15.3. The fourth-order valence-electron chi connectivity index (χ4n) is 2.50. The van der Waals surface area contributed by atoms with Crippen LogP contribution in [0, 0.1) is 6.92 Å². The molecule has 3 aromatic heterocycles. The van der Waals surface area contributed by atoms with Gasteiger partial charge in [0.2, 0.25) is 0 Å². The maximum atomic E-state index is 12.2. The number of pyridine rings is 1. The Kier molecular flexibility index (Phi) is 4.10. The van der Waals surface area contributed by atoms with Gasteiger partial charge in [0.1, 0.15) is 0 Å². The monoisotopic (exact) mass is 368 g/mol. The molecule has 0 atom stereocenters. The Morgan fingerprint density at radius 2 is 2.15 bits per heavy atom. The van der Waals surface area contributed by atoms with Crippen molar-refractivity contribution in [3.8, 4) is 11.5 Å². The zero-order valence-corrected chi connectivity index (χ0v) is 14.4. The molecular formula is C17H13ClN6O2. The summed E-state index contributed by atoms with van der Waals surface area (Å²) in [7, 11) is 0. The molecule has 0 aliphatic rings.